The van der Waals surface area contributed by atoms with Crippen LogP contribution in [0, 0.1) is 5.92 Å². The third-order valence-electron chi connectivity index (χ3n) is 1.87. The molecule has 0 saturated carbocycles. The molecule has 1 heterocycles. The first-order chi connectivity index (χ1) is 5.54. The molecule has 1 aliphatic heterocycles. The summed E-state index contributed by atoms with van der Waals surface area (Å²) < 4.78 is 40.4. The predicted octanol–water partition coefficient (Wildman–Crippen LogP) is 1.54. The van der Waals surface area contributed by atoms with Crippen LogP contribution in [0.1, 0.15) is 12.8 Å². The third kappa shape index (κ3) is 2.20. The van der Waals surface area contributed by atoms with Gasteiger partial charge >= 0.3 is 6.18 Å². The van der Waals surface area contributed by atoms with Crippen LogP contribution in [0.25, 0.3) is 0 Å². The molecule has 2 unspecified atom stereocenters. The number of hydrogen-bond donors (Lipinski definition) is 0. The van der Waals surface area contributed by atoms with Crippen molar-refractivity contribution in [1.82, 2.24) is 0 Å². The highest BCUT2D eigenvalue weighted by atomic mass is 19.4. The van der Waals surface area contributed by atoms with E-state index < -0.39 is 12.3 Å². The van der Waals surface area contributed by atoms with Gasteiger partial charge in [0.15, 0.2) is 6.10 Å². The summed E-state index contributed by atoms with van der Waals surface area (Å²) in [5, 5.41) is 0. The Balaban J connectivity index is 2.41. The molecule has 1 fully saturated rings. The van der Waals surface area contributed by atoms with Crippen LogP contribution in [-0.2, 0) is 9.53 Å². The number of hydrogen-bond acceptors (Lipinski definition) is 2. The summed E-state index contributed by atoms with van der Waals surface area (Å²) in [6.45, 7) is -0.103. The van der Waals surface area contributed by atoms with Crippen molar-refractivity contribution in [3.05, 3.63) is 0 Å². The number of halogens is 3. The molecule has 0 aromatic heterocycles. The minimum atomic E-state index is -4.28. The van der Waals surface area contributed by atoms with Crippen molar-refractivity contribution in [2.75, 3.05) is 6.61 Å². The summed E-state index contributed by atoms with van der Waals surface area (Å²) in [7, 11) is 0. The van der Waals surface area contributed by atoms with Crippen molar-refractivity contribution in [2.45, 2.75) is 25.1 Å². The van der Waals surface area contributed by atoms with Crippen molar-refractivity contribution in [3.63, 3.8) is 0 Å². The molecule has 0 amide bonds. The van der Waals surface area contributed by atoms with Gasteiger partial charge in [-0.1, -0.05) is 0 Å². The lowest BCUT2D eigenvalue weighted by atomic mass is 10.00. The first-order valence-corrected chi connectivity index (χ1v) is 3.67. The SMILES string of the molecule is O=CC1CCC(C(F)(F)F)OC1. The van der Waals surface area contributed by atoms with E-state index in [9.17, 15) is 18.0 Å². The molecule has 5 heteroatoms. The fourth-order valence-corrected chi connectivity index (χ4v) is 1.14. The largest absolute Gasteiger partial charge is 0.414 e. The molecule has 0 radical (unpaired) electrons. The maximum Gasteiger partial charge on any atom is 0.414 e. The summed E-state index contributed by atoms with van der Waals surface area (Å²) in [6.07, 6.45) is -5.14. The van der Waals surface area contributed by atoms with Crippen LogP contribution in [0.15, 0.2) is 0 Å². The smallest absolute Gasteiger partial charge is 0.368 e. The number of aldehydes is 1. The van der Waals surface area contributed by atoms with Gasteiger partial charge in [0.25, 0.3) is 0 Å². The highest BCUT2D eigenvalue weighted by molar-refractivity contribution is 5.53. The Kier molecular flexibility index (Phi) is 2.72. The van der Waals surface area contributed by atoms with Crippen molar-refractivity contribution >= 4 is 6.29 Å². The average Bonchev–Trinajstić information content (AvgIpc) is 2.03. The topological polar surface area (TPSA) is 26.3 Å². The Morgan fingerprint density at radius 1 is 1.33 bits per heavy atom. The fraction of sp³-hybridized carbons (Fsp3) is 0.857. The Bertz CT molecular complexity index is 159. The van der Waals surface area contributed by atoms with Crippen LogP contribution in [-0.4, -0.2) is 25.2 Å². The molecule has 2 atom stereocenters. The summed E-state index contributed by atoms with van der Waals surface area (Å²) in [4.78, 5) is 10.2. The monoisotopic (exact) mass is 182 g/mol. The lowest BCUT2D eigenvalue weighted by molar-refractivity contribution is -0.234. The third-order valence-corrected chi connectivity index (χ3v) is 1.87. The minimum absolute atomic E-state index is 0.103. The highest BCUT2D eigenvalue weighted by Gasteiger charge is 2.42. The molecular formula is C7H9F3O2. The zero-order valence-corrected chi connectivity index (χ0v) is 6.30. The molecule has 0 aliphatic carbocycles. The van der Waals surface area contributed by atoms with Gasteiger partial charge in [-0.25, -0.2) is 0 Å². The van der Waals surface area contributed by atoms with E-state index in [0.717, 1.165) is 0 Å². The summed E-state index contributed by atoms with van der Waals surface area (Å²) in [5.41, 5.74) is 0. The molecule has 1 aliphatic rings. The first kappa shape index (κ1) is 9.51. The zero-order chi connectivity index (χ0) is 9.19. The average molecular weight is 182 g/mol. The first-order valence-electron chi connectivity index (χ1n) is 3.67. The van der Waals surface area contributed by atoms with Crippen LogP contribution in [0.2, 0.25) is 0 Å². The standard InChI is InChI=1S/C7H9F3O2/c8-7(9,10)6-2-1-5(3-11)4-12-6/h3,5-6H,1-2,4H2. The van der Waals surface area contributed by atoms with E-state index in [1.807, 2.05) is 0 Å². The van der Waals surface area contributed by atoms with E-state index in [1.165, 1.54) is 0 Å². The molecule has 1 rings (SSSR count). The predicted molar refractivity (Wildman–Crippen MR) is 34.6 cm³/mol. The van der Waals surface area contributed by atoms with E-state index >= 15 is 0 Å². The molecule has 0 bridgehead atoms. The number of ether oxygens (including phenoxy) is 1. The molecular weight excluding hydrogens is 173 g/mol. The van der Waals surface area contributed by atoms with E-state index in [-0.39, 0.29) is 25.4 Å². The molecule has 70 valence electrons. The maximum atomic E-state index is 12.0. The Morgan fingerprint density at radius 2 is 2.00 bits per heavy atom. The quantitative estimate of drug-likeness (QED) is 0.575. The molecule has 12 heavy (non-hydrogen) atoms. The molecule has 0 spiro atoms. The lowest BCUT2D eigenvalue weighted by Gasteiger charge is -2.27. The van der Waals surface area contributed by atoms with Gasteiger partial charge in [-0.3, -0.25) is 0 Å². The Morgan fingerprint density at radius 3 is 2.33 bits per heavy atom. The van der Waals surface area contributed by atoms with Gasteiger partial charge in [0, 0.05) is 5.92 Å². The van der Waals surface area contributed by atoms with Crippen LogP contribution in [0.5, 0.6) is 0 Å². The second kappa shape index (κ2) is 3.43. The van der Waals surface area contributed by atoms with Gasteiger partial charge in [-0.15, -0.1) is 0 Å². The normalized spacial score (nSPS) is 31.6. The molecule has 2 nitrogen and oxygen atoms in total. The Hall–Kier alpha value is -0.580. The second-order valence-corrected chi connectivity index (χ2v) is 2.84. The van der Waals surface area contributed by atoms with Crippen molar-refractivity contribution < 1.29 is 22.7 Å². The van der Waals surface area contributed by atoms with Crippen LogP contribution >= 0.6 is 0 Å². The van der Waals surface area contributed by atoms with E-state index in [1.54, 1.807) is 0 Å². The summed E-state index contributed by atoms with van der Waals surface area (Å²) in [5.74, 6) is -0.358. The van der Waals surface area contributed by atoms with Crippen molar-refractivity contribution in [1.29, 1.82) is 0 Å². The molecule has 0 aromatic rings. The van der Waals surface area contributed by atoms with Gasteiger partial charge in [0.05, 0.1) is 6.61 Å². The minimum Gasteiger partial charge on any atom is -0.368 e. The molecule has 0 aromatic carbocycles. The van der Waals surface area contributed by atoms with Gasteiger partial charge in [0.2, 0.25) is 0 Å². The molecule has 1 saturated heterocycles. The summed E-state index contributed by atoms with van der Waals surface area (Å²) in [6, 6.07) is 0. The zero-order valence-electron chi connectivity index (χ0n) is 6.30. The van der Waals surface area contributed by atoms with E-state index in [2.05, 4.69) is 4.74 Å². The van der Waals surface area contributed by atoms with Gasteiger partial charge in [0.1, 0.15) is 6.29 Å². The van der Waals surface area contributed by atoms with E-state index in [0.29, 0.717) is 6.29 Å². The Labute approximate surface area is 67.7 Å². The lowest BCUT2D eigenvalue weighted by Crippen LogP contribution is -2.37. The van der Waals surface area contributed by atoms with Crippen LogP contribution < -0.4 is 0 Å². The number of rotatable bonds is 1. The number of carbonyl (C=O) groups is 1. The fourth-order valence-electron chi connectivity index (χ4n) is 1.14. The van der Waals surface area contributed by atoms with Crippen molar-refractivity contribution in [2.24, 2.45) is 5.92 Å². The highest BCUT2D eigenvalue weighted by Crippen LogP contribution is 2.30. The van der Waals surface area contributed by atoms with E-state index in [4.69, 9.17) is 0 Å². The van der Waals surface area contributed by atoms with Crippen LogP contribution in [0.3, 0.4) is 0 Å². The maximum absolute atomic E-state index is 12.0. The van der Waals surface area contributed by atoms with Gasteiger partial charge in [-0.05, 0) is 12.8 Å². The summed E-state index contributed by atoms with van der Waals surface area (Å²) >= 11 is 0. The number of alkyl halides is 3. The van der Waals surface area contributed by atoms with Crippen LogP contribution in [0.4, 0.5) is 13.2 Å². The van der Waals surface area contributed by atoms with Crippen molar-refractivity contribution in [3.8, 4) is 0 Å². The van der Waals surface area contributed by atoms with Gasteiger partial charge in [-0.2, -0.15) is 13.2 Å². The molecule has 0 N–H and O–H groups in total. The second-order valence-electron chi connectivity index (χ2n) is 2.84. The number of carbonyl (C=O) groups excluding carboxylic acids is 1. The van der Waals surface area contributed by atoms with Gasteiger partial charge < -0.3 is 9.53 Å².